The fourth-order valence-electron chi connectivity index (χ4n) is 1.08. The van der Waals surface area contributed by atoms with Gasteiger partial charge in [-0.2, -0.15) is 0 Å². The minimum atomic E-state index is -1.83. The van der Waals surface area contributed by atoms with Gasteiger partial charge in [-0.1, -0.05) is 6.08 Å². The minimum Gasteiger partial charge on any atom is -0.359 e. The molecule has 2 rings (SSSR count). The van der Waals surface area contributed by atoms with Crippen molar-refractivity contribution in [3.05, 3.63) is 35.6 Å². The van der Waals surface area contributed by atoms with Gasteiger partial charge in [-0.3, -0.25) is 4.99 Å². The largest absolute Gasteiger partial charge is 0.359 e. The number of fused-ring (bicyclic) bond motifs is 1. The smallest absolute Gasteiger partial charge is 0.205 e. The van der Waals surface area contributed by atoms with E-state index in [-0.39, 0.29) is 0 Å². The zero-order valence-corrected chi connectivity index (χ0v) is 5.73. The summed E-state index contributed by atoms with van der Waals surface area (Å²) >= 11 is 0. The van der Waals surface area contributed by atoms with Crippen LogP contribution in [0.3, 0.4) is 0 Å². The summed E-state index contributed by atoms with van der Waals surface area (Å²) in [6, 6.07) is 0. The molecule has 0 saturated carbocycles. The van der Waals surface area contributed by atoms with E-state index in [2.05, 4.69) is 4.99 Å². The Kier molecular flexibility index (Phi) is 1.13. The highest BCUT2D eigenvalue weighted by molar-refractivity contribution is 5.81. The first-order valence-corrected chi connectivity index (χ1v) is 3.29. The average Bonchev–Trinajstić information content (AvgIpc) is 2.31. The van der Waals surface area contributed by atoms with Crippen LogP contribution in [0.1, 0.15) is 0 Å². The van der Waals surface area contributed by atoms with E-state index in [1.54, 1.807) is 12.3 Å². The molecule has 0 aromatic heterocycles. The molecule has 2 N–H and O–H groups in total. The second kappa shape index (κ2) is 1.90. The highest BCUT2D eigenvalue weighted by Gasteiger charge is 2.22. The summed E-state index contributed by atoms with van der Waals surface area (Å²) in [4.78, 5) is 3.93. The summed E-state index contributed by atoms with van der Waals surface area (Å²) in [6.07, 6.45) is 7.71. The number of aliphatic hydroxyl groups is 2. The standard InChI is InChI=1S/C8H7NO2/c10-8(11)3-1-6-2-4-9-7(6)5-8/h1-5,10-11H. The molecular weight excluding hydrogens is 142 g/mol. The molecule has 11 heavy (non-hydrogen) atoms. The number of hydrogen-bond donors (Lipinski definition) is 2. The molecule has 0 atom stereocenters. The number of rotatable bonds is 0. The molecule has 0 aromatic rings. The maximum absolute atomic E-state index is 9.11. The lowest BCUT2D eigenvalue weighted by molar-refractivity contribution is -0.0752. The van der Waals surface area contributed by atoms with E-state index in [0.29, 0.717) is 5.70 Å². The van der Waals surface area contributed by atoms with Gasteiger partial charge < -0.3 is 10.2 Å². The van der Waals surface area contributed by atoms with Crippen LogP contribution in [0.2, 0.25) is 0 Å². The lowest BCUT2D eigenvalue weighted by atomic mass is 10.0. The molecule has 0 radical (unpaired) electrons. The van der Waals surface area contributed by atoms with E-state index in [0.717, 1.165) is 5.57 Å². The average molecular weight is 149 g/mol. The summed E-state index contributed by atoms with van der Waals surface area (Å²) in [5.41, 5.74) is 1.54. The van der Waals surface area contributed by atoms with Crippen molar-refractivity contribution in [3.8, 4) is 0 Å². The van der Waals surface area contributed by atoms with Crippen LogP contribution in [0, 0.1) is 0 Å². The molecule has 1 aliphatic heterocycles. The number of allylic oxidation sites excluding steroid dienone is 2. The highest BCUT2D eigenvalue weighted by atomic mass is 16.5. The Balaban J connectivity index is 2.45. The molecule has 3 heteroatoms. The molecule has 0 unspecified atom stereocenters. The minimum absolute atomic E-state index is 0.623. The molecule has 0 spiro atoms. The van der Waals surface area contributed by atoms with Gasteiger partial charge in [0.05, 0.1) is 5.70 Å². The van der Waals surface area contributed by atoms with Crippen molar-refractivity contribution in [1.29, 1.82) is 0 Å². The number of hydrogen-bond acceptors (Lipinski definition) is 3. The Morgan fingerprint density at radius 3 is 3.00 bits per heavy atom. The van der Waals surface area contributed by atoms with Gasteiger partial charge in [-0.15, -0.1) is 0 Å². The summed E-state index contributed by atoms with van der Waals surface area (Å²) in [5.74, 6) is -1.83. The molecule has 0 fully saturated rings. The molecule has 56 valence electrons. The van der Waals surface area contributed by atoms with Gasteiger partial charge in [0.25, 0.3) is 0 Å². The summed E-state index contributed by atoms with van der Waals surface area (Å²) < 4.78 is 0. The van der Waals surface area contributed by atoms with E-state index in [4.69, 9.17) is 10.2 Å². The topological polar surface area (TPSA) is 52.8 Å². The second-order valence-corrected chi connectivity index (χ2v) is 2.55. The second-order valence-electron chi connectivity index (χ2n) is 2.55. The van der Waals surface area contributed by atoms with Crippen LogP contribution in [-0.2, 0) is 0 Å². The number of nitrogens with zero attached hydrogens (tertiary/aromatic N) is 1. The lowest BCUT2D eigenvalue weighted by Gasteiger charge is -2.17. The van der Waals surface area contributed by atoms with Crippen LogP contribution < -0.4 is 0 Å². The first-order valence-electron chi connectivity index (χ1n) is 3.29. The molecule has 0 aromatic carbocycles. The Labute approximate surface area is 63.7 Å². The monoisotopic (exact) mass is 149 g/mol. The molecule has 1 heterocycles. The molecular formula is C8H7NO2. The third-order valence-electron chi connectivity index (χ3n) is 1.62. The van der Waals surface area contributed by atoms with Gasteiger partial charge in [0.1, 0.15) is 0 Å². The molecule has 0 amide bonds. The summed E-state index contributed by atoms with van der Waals surface area (Å²) in [5, 5.41) is 18.2. The maximum Gasteiger partial charge on any atom is 0.205 e. The van der Waals surface area contributed by atoms with Crippen molar-refractivity contribution in [1.82, 2.24) is 0 Å². The number of aliphatic imine (C=N–C) groups is 1. The Morgan fingerprint density at radius 1 is 1.36 bits per heavy atom. The molecule has 0 bridgehead atoms. The molecule has 2 aliphatic rings. The van der Waals surface area contributed by atoms with E-state index in [1.807, 2.05) is 6.08 Å². The van der Waals surface area contributed by atoms with Crippen LogP contribution in [0.25, 0.3) is 0 Å². The van der Waals surface area contributed by atoms with E-state index in [1.165, 1.54) is 12.2 Å². The van der Waals surface area contributed by atoms with E-state index in [9.17, 15) is 0 Å². The quantitative estimate of drug-likeness (QED) is 0.481. The van der Waals surface area contributed by atoms with Gasteiger partial charge >= 0.3 is 0 Å². The zero-order valence-electron chi connectivity index (χ0n) is 5.73. The fourth-order valence-corrected chi connectivity index (χ4v) is 1.08. The van der Waals surface area contributed by atoms with Crippen LogP contribution >= 0.6 is 0 Å². The van der Waals surface area contributed by atoms with Gasteiger partial charge in [-0.05, 0) is 12.2 Å². The van der Waals surface area contributed by atoms with Crippen molar-refractivity contribution in [2.24, 2.45) is 4.99 Å². The van der Waals surface area contributed by atoms with Crippen molar-refractivity contribution >= 4 is 6.21 Å². The summed E-state index contributed by atoms with van der Waals surface area (Å²) in [6.45, 7) is 0. The van der Waals surface area contributed by atoms with E-state index >= 15 is 0 Å². The van der Waals surface area contributed by atoms with Gasteiger partial charge in [0.2, 0.25) is 5.79 Å². The van der Waals surface area contributed by atoms with Crippen LogP contribution in [0.5, 0.6) is 0 Å². The zero-order chi connectivity index (χ0) is 7.90. The lowest BCUT2D eigenvalue weighted by Crippen LogP contribution is -2.24. The van der Waals surface area contributed by atoms with Crippen LogP contribution in [0.4, 0.5) is 0 Å². The van der Waals surface area contributed by atoms with E-state index < -0.39 is 5.79 Å². The third kappa shape index (κ3) is 1.04. The highest BCUT2D eigenvalue weighted by Crippen LogP contribution is 2.25. The van der Waals surface area contributed by atoms with Gasteiger partial charge in [0, 0.05) is 17.9 Å². The Bertz CT molecular complexity index is 308. The van der Waals surface area contributed by atoms with Crippen molar-refractivity contribution < 1.29 is 10.2 Å². The van der Waals surface area contributed by atoms with Crippen molar-refractivity contribution in [2.45, 2.75) is 5.79 Å². The van der Waals surface area contributed by atoms with Gasteiger partial charge in [-0.25, -0.2) is 0 Å². The molecule has 0 saturated heterocycles. The predicted octanol–water partition coefficient (Wildman–Crippen LogP) is 0.132. The van der Waals surface area contributed by atoms with Crippen molar-refractivity contribution in [3.63, 3.8) is 0 Å². The normalized spacial score (nSPS) is 24.5. The first kappa shape index (κ1) is 6.52. The molecule has 1 aliphatic carbocycles. The maximum atomic E-state index is 9.11. The first-order chi connectivity index (χ1) is 5.17. The predicted molar refractivity (Wildman–Crippen MR) is 41.0 cm³/mol. The summed E-state index contributed by atoms with van der Waals surface area (Å²) in [7, 11) is 0. The fraction of sp³-hybridized carbons (Fsp3) is 0.125. The Morgan fingerprint density at radius 2 is 2.18 bits per heavy atom. The van der Waals surface area contributed by atoms with Crippen molar-refractivity contribution in [2.75, 3.05) is 0 Å². The Hall–Kier alpha value is -1.19. The van der Waals surface area contributed by atoms with Crippen LogP contribution in [-0.4, -0.2) is 22.2 Å². The SMILES string of the molecule is OC1(O)C=CC2=CC=NC2=C1. The van der Waals surface area contributed by atoms with Crippen LogP contribution in [0.15, 0.2) is 40.6 Å². The molecule has 3 nitrogen and oxygen atoms in total. The van der Waals surface area contributed by atoms with Gasteiger partial charge in [0.15, 0.2) is 0 Å². The third-order valence-corrected chi connectivity index (χ3v) is 1.62.